The van der Waals surface area contributed by atoms with Gasteiger partial charge in [-0.3, -0.25) is 4.79 Å². The van der Waals surface area contributed by atoms with Crippen LogP contribution in [0.5, 0.6) is 0 Å². The van der Waals surface area contributed by atoms with E-state index >= 15 is 0 Å². The summed E-state index contributed by atoms with van der Waals surface area (Å²) in [5, 5.41) is 2.97. The van der Waals surface area contributed by atoms with Gasteiger partial charge in [-0.1, -0.05) is 37.6 Å². The van der Waals surface area contributed by atoms with Crippen molar-refractivity contribution in [1.82, 2.24) is 5.32 Å². The Bertz CT molecular complexity index is 264. The summed E-state index contributed by atoms with van der Waals surface area (Å²) >= 11 is 0. The fraction of sp³-hybridized carbons (Fsp3) is 0.615. The van der Waals surface area contributed by atoms with Gasteiger partial charge in [-0.15, -0.1) is 0 Å². The van der Waals surface area contributed by atoms with Crippen LogP contribution in [0.15, 0.2) is 23.8 Å². The van der Waals surface area contributed by atoms with Crippen LogP contribution in [0.4, 0.5) is 0 Å². The molecule has 1 aliphatic carbocycles. The lowest BCUT2D eigenvalue weighted by Crippen LogP contribution is -2.25. The van der Waals surface area contributed by atoms with Crippen LogP contribution in [0, 0.1) is 5.92 Å². The van der Waals surface area contributed by atoms with E-state index in [1.807, 2.05) is 0 Å². The number of carbonyl (C=O) groups is 1. The summed E-state index contributed by atoms with van der Waals surface area (Å²) in [5.41, 5.74) is 1.33. The molecule has 1 aliphatic rings. The molecule has 0 aromatic heterocycles. The van der Waals surface area contributed by atoms with E-state index in [-0.39, 0.29) is 5.91 Å². The smallest absolute Gasteiger partial charge is 0.220 e. The molecule has 0 aliphatic heterocycles. The largest absolute Gasteiger partial charge is 0.352 e. The number of amides is 1. The maximum Gasteiger partial charge on any atom is 0.220 e. The standard InChI is InChI=1S/C13H21NO/c1-11(2)8-9-13(15)14-10-12-6-4-3-5-7-12/h3-4,6,11H,5,7-10H2,1-2H3,(H,14,15). The molecular weight excluding hydrogens is 186 g/mol. The minimum Gasteiger partial charge on any atom is -0.352 e. The van der Waals surface area contributed by atoms with E-state index in [1.54, 1.807) is 0 Å². The first-order valence-corrected chi connectivity index (χ1v) is 5.79. The highest BCUT2D eigenvalue weighted by atomic mass is 16.1. The van der Waals surface area contributed by atoms with Crippen molar-refractivity contribution in [2.24, 2.45) is 5.92 Å². The Kier molecular flexibility index (Phi) is 5.16. The van der Waals surface area contributed by atoms with Crippen molar-refractivity contribution < 1.29 is 4.79 Å². The van der Waals surface area contributed by atoms with Crippen LogP contribution in [0.25, 0.3) is 0 Å². The Hall–Kier alpha value is -1.05. The number of hydrogen-bond acceptors (Lipinski definition) is 1. The highest BCUT2D eigenvalue weighted by molar-refractivity contribution is 5.76. The van der Waals surface area contributed by atoms with Crippen molar-refractivity contribution in [3.63, 3.8) is 0 Å². The maximum absolute atomic E-state index is 11.4. The lowest BCUT2D eigenvalue weighted by molar-refractivity contribution is -0.121. The molecule has 1 rings (SSSR count). The average Bonchev–Trinajstić information content (AvgIpc) is 2.25. The van der Waals surface area contributed by atoms with E-state index in [0.29, 0.717) is 12.3 Å². The van der Waals surface area contributed by atoms with Crippen LogP contribution in [-0.2, 0) is 4.79 Å². The first-order valence-electron chi connectivity index (χ1n) is 5.79. The van der Waals surface area contributed by atoms with Gasteiger partial charge in [-0.05, 0) is 25.2 Å². The van der Waals surface area contributed by atoms with Gasteiger partial charge in [-0.2, -0.15) is 0 Å². The van der Waals surface area contributed by atoms with E-state index < -0.39 is 0 Å². The fourth-order valence-corrected chi connectivity index (χ4v) is 1.52. The summed E-state index contributed by atoms with van der Waals surface area (Å²) in [6.45, 7) is 5.00. The average molecular weight is 207 g/mol. The number of rotatable bonds is 5. The number of hydrogen-bond donors (Lipinski definition) is 1. The number of allylic oxidation sites excluding steroid dienone is 3. The van der Waals surface area contributed by atoms with Crippen LogP contribution in [-0.4, -0.2) is 12.5 Å². The molecule has 2 nitrogen and oxygen atoms in total. The van der Waals surface area contributed by atoms with Gasteiger partial charge >= 0.3 is 0 Å². The molecule has 0 bridgehead atoms. The molecule has 0 fully saturated rings. The lowest BCUT2D eigenvalue weighted by atomic mass is 10.0. The second kappa shape index (κ2) is 6.44. The highest BCUT2D eigenvalue weighted by Gasteiger charge is 2.04. The molecule has 15 heavy (non-hydrogen) atoms. The van der Waals surface area contributed by atoms with E-state index in [9.17, 15) is 4.79 Å². The van der Waals surface area contributed by atoms with Crippen molar-refractivity contribution in [2.45, 2.75) is 39.5 Å². The summed E-state index contributed by atoms with van der Waals surface area (Å²) in [6.07, 6.45) is 10.1. The summed E-state index contributed by atoms with van der Waals surface area (Å²) < 4.78 is 0. The molecule has 0 unspecified atom stereocenters. The molecule has 1 N–H and O–H groups in total. The third-order valence-corrected chi connectivity index (χ3v) is 2.56. The maximum atomic E-state index is 11.4. The van der Waals surface area contributed by atoms with Gasteiger partial charge in [0.2, 0.25) is 5.91 Å². The molecule has 0 saturated heterocycles. The van der Waals surface area contributed by atoms with Crippen molar-refractivity contribution in [1.29, 1.82) is 0 Å². The molecule has 0 heterocycles. The van der Waals surface area contributed by atoms with E-state index in [0.717, 1.165) is 25.8 Å². The van der Waals surface area contributed by atoms with Crippen molar-refractivity contribution >= 4 is 5.91 Å². The van der Waals surface area contributed by atoms with Gasteiger partial charge in [0, 0.05) is 13.0 Å². The lowest BCUT2D eigenvalue weighted by Gasteiger charge is -2.10. The third kappa shape index (κ3) is 5.40. The first kappa shape index (κ1) is 12.0. The Morgan fingerprint density at radius 2 is 2.33 bits per heavy atom. The topological polar surface area (TPSA) is 29.1 Å². The third-order valence-electron chi connectivity index (χ3n) is 2.56. The Balaban J connectivity index is 2.16. The van der Waals surface area contributed by atoms with Crippen LogP contribution in [0.2, 0.25) is 0 Å². The van der Waals surface area contributed by atoms with Crippen LogP contribution in [0.3, 0.4) is 0 Å². The van der Waals surface area contributed by atoms with Gasteiger partial charge in [0.1, 0.15) is 0 Å². The quantitative estimate of drug-likeness (QED) is 0.738. The molecule has 0 aromatic rings. The predicted octanol–water partition coefficient (Wildman–Crippen LogP) is 2.82. The molecule has 0 aromatic carbocycles. The van der Waals surface area contributed by atoms with Gasteiger partial charge < -0.3 is 5.32 Å². The van der Waals surface area contributed by atoms with Gasteiger partial charge in [0.15, 0.2) is 0 Å². The summed E-state index contributed by atoms with van der Waals surface area (Å²) in [7, 11) is 0. The van der Waals surface area contributed by atoms with Crippen molar-refractivity contribution in [3.8, 4) is 0 Å². The Morgan fingerprint density at radius 3 is 2.93 bits per heavy atom. The SMILES string of the molecule is CC(C)CCC(=O)NCC1=CC=CCC1. The molecule has 0 spiro atoms. The normalized spacial score (nSPS) is 15.3. The number of carbonyl (C=O) groups excluding carboxylic acids is 1. The number of nitrogens with one attached hydrogen (secondary N) is 1. The van der Waals surface area contributed by atoms with Crippen molar-refractivity contribution in [3.05, 3.63) is 23.8 Å². The Labute approximate surface area is 92.4 Å². The molecule has 0 radical (unpaired) electrons. The first-order chi connectivity index (χ1) is 7.18. The molecule has 0 atom stereocenters. The van der Waals surface area contributed by atoms with Crippen LogP contribution in [0.1, 0.15) is 39.5 Å². The second-order valence-corrected chi connectivity index (χ2v) is 4.50. The zero-order valence-corrected chi connectivity index (χ0v) is 9.75. The Morgan fingerprint density at radius 1 is 1.53 bits per heavy atom. The molecule has 0 saturated carbocycles. The van der Waals surface area contributed by atoms with E-state index in [1.165, 1.54) is 5.57 Å². The summed E-state index contributed by atoms with van der Waals surface area (Å²) in [4.78, 5) is 11.4. The zero-order valence-electron chi connectivity index (χ0n) is 9.75. The highest BCUT2D eigenvalue weighted by Crippen LogP contribution is 2.10. The van der Waals surface area contributed by atoms with Gasteiger partial charge in [0.05, 0.1) is 0 Å². The molecule has 84 valence electrons. The van der Waals surface area contributed by atoms with Gasteiger partial charge in [0.25, 0.3) is 0 Å². The minimum absolute atomic E-state index is 0.180. The second-order valence-electron chi connectivity index (χ2n) is 4.50. The monoisotopic (exact) mass is 207 g/mol. The molecular formula is C13H21NO. The zero-order chi connectivity index (χ0) is 11.1. The van der Waals surface area contributed by atoms with E-state index in [2.05, 4.69) is 37.4 Å². The predicted molar refractivity (Wildman–Crippen MR) is 63.5 cm³/mol. The fourth-order valence-electron chi connectivity index (χ4n) is 1.52. The summed E-state index contributed by atoms with van der Waals surface area (Å²) in [6, 6.07) is 0. The molecule has 1 amide bonds. The minimum atomic E-state index is 0.180. The van der Waals surface area contributed by atoms with Crippen LogP contribution >= 0.6 is 0 Å². The summed E-state index contributed by atoms with van der Waals surface area (Å²) in [5.74, 6) is 0.784. The van der Waals surface area contributed by atoms with Crippen molar-refractivity contribution in [2.75, 3.05) is 6.54 Å². The molecule has 2 heteroatoms. The van der Waals surface area contributed by atoms with Gasteiger partial charge in [-0.25, -0.2) is 0 Å². The van der Waals surface area contributed by atoms with E-state index in [4.69, 9.17) is 0 Å². The van der Waals surface area contributed by atoms with Crippen LogP contribution < -0.4 is 5.32 Å².